The van der Waals surface area contributed by atoms with Crippen molar-refractivity contribution in [2.24, 2.45) is 20.0 Å². The van der Waals surface area contributed by atoms with Crippen LogP contribution in [0, 0.1) is 26.7 Å². The van der Waals surface area contributed by atoms with Crippen LogP contribution in [-0.2, 0) is 31.9 Å². The number of fused-ring (bicyclic) bond motifs is 1. The predicted octanol–water partition coefficient (Wildman–Crippen LogP) is 2.13. The summed E-state index contributed by atoms with van der Waals surface area (Å²) < 4.78 is 2.50. The van der Waals surface area contributed by atoms with Crippen molar-refractivity contribution in [3.05, 3.63) is 73.1 Å². The number of benzene rings is 1. The van der Waals surface area contributed by atoms with E-state index in [1.54, 1.807) is 7.05 Å². The molecule has 186 valence electrons. The van der Waals surface area contributed by atoms with Crippen molar-refractivity contribution in [2.75, 3.05) is 19.6 Å². The molecule has 0 aliphatic carbocycles. The number of hydrogen-bond acceptors (Lipinski definition) is 5. The Morgan fingerprint density at radius 3 is 2.51 bits per heavy atom. The second-order valence-corrected chi connectivity index (χ2v) is 9.88. The number of nitrogens with one attached hydrogen (secondary N) is 1. The third kappa shape index (κ3) is 5.22. The van der Waals surface area contributed by atoms with Gasteiger partial charge >= 0.3 is 5.69 Å². The van der Waals surface area contributed by atoms with Gasteiger partial charge in [-0.2, -0.15) is 0 Å². The van der Waals surface area contributed by atoms with Gasteiger partial charge in [0.25, 0.3) is 5.56 Å². The zero-order valence-corrected chi connectivity index (χ0v) is 21.4. The first kappa shape index (κ1) is 24.9. The van der Waals surface area contributed by atoms with E-state index < -0.39 is 5.69 Å². The molecular weight excluding hydrogens is 442 g/mol. The van der Waals surface area contributed by atoms with Gasteiger partial charge in [-0.1, -0.05) is 29.8 Å². The molecule has 0 unspecified atom stereocenters. The van der Waals surface area contributed by atoms with E-state index in [4.69, 9.17) is 0 Å². The average Bonchev–Trinajstić information content (AvgIpc) is 3.28. The molecule has 0 radical (unpaired) electrons. The van der Waals surface area contributed by atoms with Gasteiger partial charge in [0, 0.05) is 45.8 Å². The lowest BCUT2D eigenvalue weighted by Gasteiger charge is -2.17. The second-order valence-electron chi connectivity index (χ2n) is 9.88. The lowest BCUT2D eigenvalue weighted by atomic mass is 9.99. The van der Waals surface area contributed by atoms with E-state index in [9.17, 15) is 14.4 Å². The number of hydrogen-bond donors (Lipinski definition) is 1. The lowest BCUT2D eigenvalue weighted by Crippen LogP contribution is -2.38. The zero-order valence-electron chi connectivity index (χ0n) is 21.4. The Labute approximate surface area is 205 Å². The van der Waals surface area contributed by atoms with E-state index in [1.165, 1.54) is 22.7 Å². The van der Waals surface area contributed by atoms with Crippen molar-refractivity contribution < 1.29 is 4.79 Å². The highest BCUT2D eigenvalue weighted by atomic mass is 16.2. The van der Waals surface area contributed by atoms with E-state index in [-0.39, 0.29) is 11.5 Å². The fourth-order valence-corrected chi connectivity index (χ4v) is 5.07. The predicted molar refractivity (Wildman–Crippen MR) is 138 cm³/mol. The first-order valence-corrected chi connectivity index (χ1v) is 12.3. The van der Waals surface area contributed by atoms with Crippen molar-refractivity contribution in [1.29, 1.82) is 0 Å². The van der Waals surface area contributed by atoms with E-state index in [2.05, 4.69) is 46.4 Å². The molecule has 1 N–H and O–H groups in total. The third-order valence-corrected chi connectivity index (χ3v) is 7.26. The molecule has 1 aliphatic rings. The molecule has 8 heteroatoms. The first-order chi connectivity index (χ1) is 16.7. The molecule has 0 bridgehead atoms. The van der Waals surface area contributed by atoms with Crippen molar-refractivity contribution in [2.45, 2.75) is 46.6 Å². The van der Waals surface area contributed by atoms with Crippen molar-refractivity contribution >= 4 is 16.9 Å². The normalized spacial score (nSPS) is 16.2. The van der Waals surface area contributed by atoms with Crippen molar-refractivity contribution in [1.82, 2.24) is 24.3 Å². The van der Waals surface area contributed by atoms with Crippen LogP contribution in [0.4, 0.5) is 0 Å². The van der Waals surface area contributed by atoms with Crippen LogP contribution in [0.3, 0.4) is 0 Å². The van der Waals surface area contributed by atoms with E-state index in [0.717, 1.165) is 47.4 Å². The van der Waals surface area contributed by atoms with Gasteiger partial charge in [0.2, 0.25) is 5.91 Å². The van der Waals surface area contributed by atoms with Gasteiger partial charge < -0.3 is 5.32 Å². The number of likely N-dealkylation sites (tertiary alicyclic amines) is 1. The molecule has 0 spiro atoms. The Bertz CT molecular complexity index is 1370. The maximum absolute atomic E-state index is 12.8. The number of pyridine rings is 1. The van der Waals surface area contributed by atoms with Gasteiger partial charge in [0.05, 0.1) is 5.39 Å². The minimum Gasteiger partial charge on any atom is -0.356 e. The monoisotopic (exact) mass is 477 g/mol. The molecule has 1 atom stereocenters. The number of nitrogens with zero attached hydrogens (tertiary/aromatic N) is 4. The quantitative estimate of drug-likeness (QED) is 0.563. The third-order valence-electron chi connectivity index (χ3n) is 7.26. The largest absolute Gasteiger partial charge is 0.356 e. The van der Waals surface area contributed by atoms with Crippen molar-refractivity contribution in [3.63, 3.8) is 0 Å². The summed E-state index contributed by atoms with van der Waals surface area (Å²) in [7, 11) is 3.09. The standard InChI is InChI=1S/C27H35N5O3/c1-17-6-8-20(9-7-17)15-32-13-12-21(16-32)14-28-23(33)11-10-22-18(2)24-25(29-19(22)3)30(4)27(35)31(5)26(24)34/h6-9,21H,10-16H2,1-5H3,(H,28,33)/t21-/m1/s1. The zero-order chi connectivity index (χ0) is 25.3. The fraction of sp³-hybridized carbons (Fsp3) is 0.481. The molecule has 1 aliphatic heterocycles. The van der Waals surface area contributed by atoms with Gasteiger partial charge in [-0.05, 0) is 62.8 Å². The number of carbonyl (C=O) groups is 1. The SMILES string of the molecule is Cc1ccc(CN2CC[C@H](CNC(=O)CCc3c(C)nc4c(c3C)c(=O)n(C)c(=O)n4C)C2)cc1. The molecule has 35 heavy (non-hydrogen) atoms. The van der Waals surface area contributed by atoms with E-state index in [0.29, 0.717) is 36.3 Å². The number of amides is 1. The van der Waals surface area contributed by atoms with Crippen LogP contribution in [0.25, 0.3) is 11.0 Å². The summed E-state index contributed by atoms with van der Waals surface area (Å²) in [4.78, 5) is 44.6. The molecule has 0 saturated carbocycles. The number of aromatic nitrogens is 3. The van der Waals surface area contributed by atoms with E-state index in [1.807, 2.05) is 13.8 Å². The Morgan fingerprint density at radius 1 is 1.09 bits per heavy atom. The van der Waals surface area contributed by atoms with E-state index >= 15 is 0 Å². The van der Waals surface area contributed by atoms with Gasteiger partial charge in [-0.15, -0.1) is 0 Å². The van der Waals surface area contributed by atoms with Crippen LogP contribution in [0.2, 0.25) is 0 Å². The lowest BCUT2D eigenvalue weighted by molar-refractivity contribution is -0.121. The van der Waals surface area contributed by atoms with Crippen LogP contribution < -0.4 is 16.6 Å². The number of rotatable bonds is 7. The molecule has 3 heterocycles. The summed E-state index contributed by atoms with van der Waals surface area (Å²) in [6.45, 7) is 9.50. The van der Waals surface area contributed by atoms with Gasteiger partial charge in [-0.3, -0.25) is 23.6 Å². The summed E-state index contributed by atoms with van der Waals surface area (Å²) in [5.74, 6) is 0.466. The first-order valence-electron chi connectivity index (χ1n) is 12.3. The molecular formula is C27H35N5O3. The molecule has 1 amide bonds. The summed E-state index contributed by atoms with van der Waals surface area (Å²) in [5.41, 5.74) is 4.66. The second kappa shape index (κ2) is 10.2. The Kier molecular flexibility index (Phi) is 7.21. The summed E-state index contributed by atoms with van der Waals surface area (Å²) in [6, 6.07) is 8.67. The maximum atomic E-state index is 12.8. The van der Waals surface area contributed by atoms with Crippen molar-refractivity contribution in [3.8, 4) is 0 Å². The van der Waals surface area contributed by atoms with Crippen LogP contribution in [0.15, 0.2) is 33.9 Å². The molecule has 2 aromatic heterocycles. The molecule has 3 aromatic rings. The maximum Gasteiger partial charge on any atom is 0.332 e. The van der Waals surface area contributed by atoms with Gasteiger partial charge in [-0.25, -0.2) is 9.78 Å². The molecule has 1 fully saturated rings. The average molecular weight is 478 g/mol. The van der Waals surface area contributed by atoms with Crippen LogP contribution >= 0.6 is 0 Å². The summed E-state index contributed by atoms with van der Waals surface area (Å²) >= 11 is 0. The van der Waals surface area contributed by atoms with Gasteiger partial charge in [0.15, 0.2) is 0 Å². The number of carbonyl (C=O) groups excluding carboxylic acids is 1. The summed E-state index contributed by atoms with van der Waals surface area (Å²) in [6.07, 6.45) is 1.92. The highest BCUT2D eigenvalue weighted by Crippen LogP contribution is 2.21. The number of aryl methyl sites for hydroxylation is 4. The Balaban J connectivity index is 1.34. The van der Waals surface area contributed by atoms with Gasteiger partial charge in [0.1, 0.15) is 5.65 Å². The van der Waals surface area contributed by atoms with Crippen LogP contribution in [0.5, 0.6) is 0 Å². The fourth-order valence-electron chi connectivity index (χ4n) is 5.07. The topological polar surface area (TPSA) is 89.2 Å². The molecule has 8 nitrogen and oxygen atoms in total. The van der Waals surface area contributed by atoms with Crippen LogP contribution in [-0.4, -0.2) is 44.6 Å². The Hall–Kier alpha value is -3.26. The highest BCUT2D eigenvalue weighted by Gasteiger charge is 2.23. The highest BCUT2D eigenvalue weighted by molar-refractivity contribution is 5.80. The summed E-state index contributed by atoms with van der Waals surface area (Å²) in [5, 5.41) is 3.54. The minimum absolute atomic E-state index is 0.00856. The molecule has 1 aromatic carbocycles. The Morgan fingerprint density at radius 2 is 1.80 bits per heavy atom. The molecule has 4 rings (SSSR count). The molecule has 1 saturated heterocycles. The minimum atomic E-state index is -0.398. The smallest absolute Gasteiger partial charge is 0.332 e. The van der Waals surface area contributed by atoms with Crippen LogP contribution in [0.1, 0.15) is 40.8 Å².